The normalized spacial score (nSPS) is 16.0. The van der Waals surface area contributed by atoms with Crippen LogP contribution in [-0.4, -0.2) is 39.6 Å². The van der Waals surface area contributed by atoms with Gasteiger partial charge in [0.05, 0.1) is 17.8 Å². The molecule has 6 heteroatoms. The van der Waals surface area contributed by atoms with Crippen LogP contribution in [0.25, 0.3) is 10.9 Å². The molecule has 0 saturated heterocycles. The first-order valence-electron chi connectivity index (χ1n) is 8.11. The monoisotopic (exact) mass is 327 g/mol. The number of amides is 2. The van der Waals surface area contributed by atoms with Gasteiger partial charge in [0, 0.05) is 12.4 Å². The molecule has 1 fully saturated rings. The van der Waals surface area contributed by atoms with E-state index in [4.69, 9.17) is 0 Å². The molecule has 2 aromatic rings. The predicted molar refractivity (Wildman–Crippen MR) is 90.6 cm³/mol. The number of benzene rings is 1. The number of rotatable bonds is 4. The Kier molecular flexibility index (Phi) is 4.38. The molecule has 2 N–H and O–H groups in total. The van der Waals surface area contributed by atoms with Crippen molar-refractivity contribution in [2.24, 2.45) is 0 Å². The lowest BCUT2D eigenvalue weighted by atomic mass is 9.98. The van der Waals surface area contributed by atoms with E-state index in [1.165, 1.54) is 4.90 Å². The predicted octanol–water partition coefficient (Wildman–Crippen LogP) is 2.77. The number of nitrogens with zero attached hydrogens (tertiary/aromatic N) is 2. The third-order valence-electron chi connectivity index (χ3n) is 4.61. The minimum Gasteiger partial charge on any atom is -0.480 e. The number of nitrogens with one attached hydrogen (secondary N) is 1. The molecule has 0 spiro atoms. The molecule has 1 saturated carbocycles. The summed E-state index contributed by atoms with van der Waals surface area (Å²) in [7, 11) is 1.65. The summed E-state index contributed by atoms with van der Waals surface area (Å²) >= 11 is 0. The SMILES string of the molecule is CN(Cc1ccc2ccccc2n1)C(=O)NC1(C(=O)O)CCCC1. The second kappa shape index (κ2) is 6.47. The number of urea groups is 1. The molecule has 0 atom stereocenters. The van der Waals surface area contributed by atoms with Gasteiger partial charge >= 0.3 is 12.0 Å². The minimum atomic E-state index is -1.12. The van der Waals surface area contributed by atoms with Crippen molar-refractivity contribution in [3.05, 3.63) is 42.1 Å². The third-order valence-corrected chi connectivity index (χ3v) is 4.61. The fourth-order valence-corrected chi connectivity index (χ4v) is 3.18. The highest BCUT2D eigenvalue weighted by Gasteiger charge is 2.43. The van der Waals surface area contributed by atoms with Crippen molar-refractivity contribution in [3.63, 3.8) is 0 Å². The molecule has 3 rings (SSSR count). The molecule has 6 nitrogen and oxygen atoms in total. The average molecular weight is 327 g/mol. The van der Waals surface area contributed by atoms with Crippen molar-refractivity contribution < 1.29 is 14.7 Å². The Hall–Kier alpha value is -2.63. The van der Waals surface area contributed by atoms with E-state index in [0.29, 0.717) is 19.4 Å². The molecule has 24 heavy (non-hydrogen) atoms. The number of pyridine rings is 1. The van der Waals surface area contributed by atoms with Crippen molar-refractivity contribution in [1.29, 1.82) is 0 Å². The number of aromatic nitrogens is 1. The number of carbonyl (C=O) groups is 2. The maximum atomic E-state index is 12.4. The van der Waals surface area contributed by atoms with Gasteiger partial charge in [0.25, 0.3) is 0 Å². The Morgan fingerprint density at radius 2 is 1.92 bits per heavy atom. The molecular weight excluding hydrogens is 306 g/mol. The van der Waals surface area contributed by atoms with E-state index >= 15 is 0 Å². The van der Waals surface area contributed by atoms with Gasteiger partial charge in [-0.2, -0.15) is 0 Å². The van der Waals surface area contributed by atoms with Crippen LogP contribution in [0, 0.1) is 0 Å². The Balaban J connectivity index is 1.70. The van der Waals surface area contributed by atoms with Gasteiger partial charge in [-0.25, -0.2) is 9.59 Å². The standard InChI is InChI=1S/C18H21N3O3/c1-21(17(24)20-18(16(22)23)10-4-5-11-18)12-14-9-8-13-6-2-3-7-15(13)19-14/h2-3,6-9H,4-5,10-12H2,1H3,(H,20,24)(H,22,23). The molecule has 0 aliphatic heterocycles. The van der Waals surface area contributed by atoms with Crippen molar-refractivity contribution in [1.82, 2.24) is 15.2 Å². The summed E-state index contributed by atoms with van der Waals surface area (Å²) in [6, 6.07) is 11.3. The van der Waals surface area contributed by atoms with E-state index < -0.39 is 11.5 Å². The number of carboxylic acids is 1. The third kappa shape index (κ3) is 3.18. The summed E-state index contributed by atoms with van der Waals surface area (Å²) in [6.45, 7) is 0.326. The summed E-state index contributed by atoms with van der Waals surface area (Å²) < 4.78 is 0. The molecule has 1 aliphatic rings. The van der Waals surface area contributed by atoms with Crippen LogP contribution in [0.3, 0.4) is 0 Å². The topological polar surface area (TPSA) is 82.5 Å². The minimum absolute atomic E-state index is 0.326. The molecule has 1 aromatic heterocycles. The lowest BCUT2D eigenvalue weighted by molar-refractivity contribution is -0.144. The van der Waals surface area contributed by atoms with Crippen molar-refractivity contribution >= 4 is 22.9 Å². The van der Waals surface area contributed by atoms with Crippen LogP contribution in [0.2, 0.25) is 0 Å². The summed E-state index contributed by atoms with van der Waals surface area (Å²) in [4.78, 5) is 30.0. The zero-order chi connectivity index (χ0) is 17.2. The van der Waals surface area contributed by atoms with Crippen LogP contribution in [0.4, 0.5) is 4.79 Å². The quantitative estimate of drug-likeness (QED) is 0.904. The first-order chi connectivity index (χ1) is 11.5. The Bertz CT molecular complexity index is 769. The van der Waals surface area contributed by atoms with E-state index in [1.54, 1.807) is 7.05 Å². The molecule has 1 heterocycles. The number of fused-ring (bicyclic) bond motifs is 1. The second-order valence-electron chi connectivity index (χ2n) is 6.38. The van der Waals surface area contributed by atoms with Crippen LogP contribution >= 0.6 is 0 Å². The van der Waals surface area contributed by atoms with Gasteiger partial charge in [-0.3, -0.25) is 4.98 Å². The Labute approximate surface area is 140 Å². The number of hydrogen-bond acceptors (Lipinski definition) is 3. The highest BCUT2D eigenvalue weighted by Crippen LogP contribution is 2.30. The summed E-state index contributed by atoms with van der Waals surface area (Å²) in [5.41, 5.74) is 0.520. The van der Waals surface area contributed by atoms with Gasteiger partial charge in [0.2, 0.25) is 0 Å². The van der Waals surface area contributed by atoms with Crippen LogP contribution in [0.5, 0.6) is 0 Å². The first-order valence-corrected chi connectivity index (χ1v) is 8.11. The van der Waals surface area contributed by atoms with Gasteiger partial charge in [-0.05, 0) is 25.0 Å². The molecular formula is C18H21N3O3. The first kappa shape index (κ1) is 16.2. The van der Waals surface area contributed by atoms with Gasteiger partial charge in [0.15, 0.2) is 0 Å². The Morgan fingerprint density at radius 1 is 1.21 bits per heavy atom. The highest BCUT2D eigenvalue weighted by molar-refractivity contribution is 5.86. The van der Waals surface area contributed by atoms with Gasteiger partial charge < -0.3 is 15.3 Å². The van der Waals surface area contributed by atoms with E-state index in [0.717, 1.165) is 29.4 Å². The summed E-state index contributed by atoms with van der Waals surface area (Å²) in [5, 5.41) is 13.2. The van der Waals surface area contributed by atoms with E-state index in [-0.39, 0.29) is 6.03 Å². The lowest BCUT2D eigenvalue weighted by Gasteiger charge is -2.28. The molecule has 2 amide bonds. The fourth-order valence-electron chi connectivity index (χ4n) is 3.18. The van der Waals surface area contributed by atoms with Crippen LogP contribution in [0.15, 0.2) is 36.4 Å². The molecule has 0 bridgehead atoms. The highest BCUT2D eigenvalue weighted by atomic mass is 16.4. The van der Waals surface area contributed by atoms with Gasteiger partial charge in [0.1, 0.15) is 5.54 Å². The Morgan fingerprint density at radius 3 is 2.62 bits per heavy atom. The smallest absolute Gasteiger partial charge is 0.329 e. The zero-order valence-corrected chi connectivity index (χ0v) is 13.7. The van der Waals surface area contributed by atoms with Crippen LogP contribution in [-0.2, 0) is 11.3 Å². The van der Waals surface area contributed by atoms with Gasteiger partial charge in [-0.1, -0.05) is 37.1 Å². The second-order valence-corrected chi connectivity index (χ2v) is 6.38. The number of para-hydroxylation sites is 1. The maximum absolute atomic E-state index is 12.4. The fraction of sp³-hybridized carbons (Fsp3) is 0.389. The average Bonchev–Trinajstić information content (AvgIpc) is 3.04. The molecule has 1 aromatic carbocycles. The molecule has 1 aliphatic carbocycles. The van der Waals surface area contributed by atoms with Crippen molar-refractivity contribution in [2.45, 2.75) is 37.8 Å². The van der Waals surface area contributed by atoms with E-state index in [2.05, 4.69) is 10.3 Å². The molecule has 126 valence electrons. The number of aliphatic carboxylic acids is 1. The number of carbonyl (C=O) groups excluding carboxylic acids is 1. The zero-order valence-electron chi connectivity index (χ0n) is 13.7. The summed E-state index contributed by atoms with van der Waals surface area (Å²) in [6.07, 6.45) is 2.61. The van der Waals surface area contributed by atoms with Gasteiger partial charge in [-0.15, -0.1) is 0 Å². The maximum Gasteiger partial charge on any atom is 0.329 e. The van der Waals surface area contributed by atoms with Crippen LogP contribution < -0.4 is 5.32 Å². The summed E-state index contributed by atoms with van der Waals surface area (Å²) in [5.74, 6) is -0.953. The largest absolute Gasteiger partial charge is 0.480 e. The molecule has 0 radical (unpaired) electrons. The number of hydrogen-bond donors (Lipinski definition) is 2. The van der Waals surface area contributed by atoms with E-state index in [1.807, 2.05) is 36.4 Å². The molecule has 0 unspecified atom stereocenters. The lowest BCUT2D eigenvalue weighted by Crippen LogP contribution is -2.55. The van der Waals surface area contributed by atoms with Crippen molar-refractivity contribution in [3.8, 4) is 0 Å². The van der Waals surface area contributed by atoms with E-state index in [9.17, 15) is 14.7 Å². The number of carboxylic acid groups (broad SMARTS) is 1. The van der Waals surface area contributed by atoms with Crippen molar-refractivity contribution in [2.75, 3.05) is 7.05 Å². The van der Waals surface area contributed by atoms with Crippen LogP contribution in [0.1, 0.15) is 31.4 Å².